The van der Waals surface area contributed by atoms with Gasteiger partial charge >= 0.3 is 0 Å². The van der Waals surface area contributed by atoms with Crippen LogP contribution in [0.1, 0.15) is 19.3 Å². The Morgan fingerprint density at radius 1 is 1.08 bits per heavy atom. The number of allylic oxidation sites excluding steroid dienone is 5. The van der Waals surface area contributed by atoms with Crippen molar-refractivity contribution in [3.05, 3.63) is 70.7 Å². The molecule has 5 heteroatoms. The highest BCUT2D eigenvalue weighted by Gasteiger charge is 2.34. The molecule has 1 aromatic heterocycles. The van der Waals surface area contributed by atoms with Gasteiger partial charge in [-0.2, -0.15) is 5.21 Å². The summed E-state index contributed by atoms with van der Waals surface area (Å²) in [6.45, 7) is 0.977. The summed E-state index contributed by atoms with van der Waals surface area (Å²) in [5.41, 5.74) is 2.71. The lowest BCUT2D eigenvalue weighted by atomic mass is 9.78. The Hall–Kier alpha value is -2.95. The van der Waals surface area contributed by atoms with Crippen molar-refractivity contribution in [3.63, 3.8) is 0 Å². The van der Waals surface area contributed by atoms with Crippen LogP contribution in [0.2, 0.25) is 0 Å². The number of nitrogens with one attached hydrogen (secondary N) is 1. The van der Waals surface area contributed by atoms with Crippen LogP contribution in [0.5, 0.6) is 0 Å². The van der Waals surface area contributed by atoms with Crippen LogP contribution in [0.3, 0.4) is 0 Å². The van der Waals surface area contributed by atoms with Gasteiger partial charge in [-0.15, -0.1) is 5.10 Å². The molecule has 0 bridgehead atoms. The first-order chi connectivity index (χ1) is 12.9. The number of rotatable bonds is 2. The van der Waals surface area contributed by atoms with Crippen LogP contribution in [0.25, 0.3) is 11.6 Å². The van der Waals surface area contributed by atoms with Crippen molar-refractivity contribution in [2.75, 3.05) is 11.4 Å². The number of H-pyrrole nitrogens is 1. The molecule has 1 N–H and O–H groups in total. The number of nitrogens with zero attached hydrogens (tertiary/aromatic N) is 4. The predicted octanol–water partition coefficient (Wildman–Crippen LogP) is 1.87. The quantitative estimate of drug-likeness (QED) is 0.904. The molecule has 5 rings (SSSR count). The fraction of sp³-hybridized carbons (Fsp3) is 0.286. The molecule has 2 aliphatic carbocycles. The summed E-state index contributed by atoms with van der Waals surface area (Å²) >= 11 is 0. The summed E-state index contributed by atoms with van der Waals surface area (Å²) < 4.78 is 0. The van der Waals surface area contributed by atoms with E-state index >= 15 is 0 Å². The molecule has 0 amide bonds. The van der Waals surface area contributed by atoms with E-state index in [-0.39, 0.29) is 0 Å². The smallest absolute Gasteiger partial charge is 0.266 e. The van der Waals surface area contributed by atoms with Crippen molar-refractivity contribution in [2.45, 2.75) is 25.3 Å². The van der Waals surface area contributed by atoms with Gasteiger partial charge in [-0.3, -0.25) is 0 Å². The molecule has 0 spiro atoms. The van der Waals surface area contributed by atoms with E-state index in [0.29, 0.717) is 17.9 Å². The Bertz CT molecular complexity index is 1010. The van der Waals surface area contributed by atoms with E-state index in [4.69, 9.17) is 0 Å². The van der Waals surface area contributed by atoms with Crippen molar-refractivity contribution in [1.29, 1.82) is 0 Å². The molecule has 1 saturated heterocycles. The van der Waals surface area contributed by atoms with Crippen LogP contribution in [-0.2, 0) is 0 Å². The Morgan fingerprint density at radius 3 is 2.96 bits per heavy atom. The van der Waals surface area contributed by atoms with E-state index in [1.165, 1.54) is 34.4 Å². The number of piperidine rings is 1. The molecule has 1 aliphatic heterocycles. The summed E-state index contributed by atoms with van der Waals surface area (Å²) in [5.74, 6) is 1.02. The number of hydrogen-bond acceptors (Lipinski definition) is 4. The number of tetrazole rings is 1. The number of benzene rings is 1. The molecule has 0 radical (unpaired) electrons. The van der Waals surface area contributed by atoms with E-state index in [9.17, 15) is 0 Å². The topological polar surface area (TPSA) is 57.7 Å². The van der Waals surface area contributed by atoms with Crippen molar-refractivity contribution < 1.29 is 0 Å². The zero-order valence-corrected chi connectivity index (χ0v) is 14.5. The molecule has 1 aromatic carbocycles. The molecule has 0 saturated carbocycles. The summed E-state index contributed by atoms with van der Waals surface area (Å²) in [6, 6.07) is 9.03. The Balaban J connectivity index is 1.67. The fourth-order valence-corrected chi connectivity index (χ4v) is 4.46. The second kappa shape index (κ2) is 6.41. The second-order valence-corrected chi connectivity index (χ2v) is 7.03. The van der Waals surface area contributed by atoms with Crippen LogP contribution < -0.4 is 15.3 Å². The van der Waals surface area contributed by atoms with Crippen LogP contribution in [0, 0.1) is 5.92 Å². The zero-order chi connectivity index (χ0) is 17.3. The second-order valence-electron chi connectivity index (χ2n) is 7.03. The Morgan fingerprint density at radius 2 is 2.04 bits per heavy atom. The first kappa shape index (κ1) is 15.3. The molecule has 2 aromatic rings. The van der Waals surface area contributed by atoms with Crippen LogP contribution in [0.4, 0.5) is 5.95 Å². The number of hydrogen-bond donors (Lipinski definition) is 1. The minimum absolute atomic E-state index is 0.311. The van der Waals surface area contributed by atoms with Gasteiger partial charge in [0.15, 0.2) is 0 Å². The van der Waals surface area contributed by atoms with Crippen molar-refractivity contribution in [2.24, 2.45) is 5.92 Å². The highest BCUT2D eigenvalue weighted by molar-refractivity contribution is 5.77. The number of aromatic amines is 1. The first-order valence-corrected chi connectivity index (χ1v) is 9.28. The van der Waals surface area contributed by atoms with Gasteiger partial charge in [0.05, 0.1) is 0 Å². The van der Waals surface area contributed by atoms with Gasteiger partial charge in [-0.25, -0.2) is 0 Å². The third-order valence-corrected chi connectivity index (χ3v) is 5.60. The van der Waals surface area contributed by atoms with Gasteiger partial charge in [0.25, 0.3) is 5.95 Å². The summed E-state index contributed by atoms with van der Waals surface area (Å²) in [5, 5.41) is 17.5. The minimum atomic E-state index is 0.311. The largest absolute Gasteiger partial charge is 0.334 e. The molecule has 26 heavy (non-hydrogen) atoms. The van der Waals surface area contributed by atoms with Gasteiger partial charge in [-0.05, 0) is 46.1 Å². The van der Waals surface area contributed by atoms with Gasteiger partial charge in [0, 0.05) is 18.5 Å². The fourth-order valence-electron chi connectivity index (χ4n) is 4.46. The van der Waals surface area contributed by atoms with Crippen LogP contribution in [-0.4, -0.2) is 33.2 Å². The molecule has 3 aliphatic rings. The molecule has 2 heterocycles. The predicted molar refractivity (Wildman–Crippen MR) is 103 cm³/mol. The standard InChI is InChI=1S/C21H21N5/c1-2-11-17-15(7-1)8-5-9-16-10-6-12-18(20(16)17)19-13-3-4-14-26(19)21-22-24-25-23-21/h1-2,5-12,18-19H,3-4,13-14H2,(H,22,23,24,25). The minimum Gasteiger partial charge on any atom is -0.334 e. The zero-order valence-electron chi connectivity index (χ0n) is 14.5. The van der Waals surface area contributed by atoms with E-state index in [1.54, 1.807) is 0 Å². The first-order valence-electron chi connectivity index (χ1n) is 9.28. The van der Waals surface area contributed by atoms with Gasteiger partial charge in [-0.1, -0.05) is 65.8 Å². The molecule has 1 fully saturated rings. The van der Waals surface area contributed by atoms with Crippen LogP contribution >= 0.6 is 0 Å². The van der Waals surface area contributed by atoms with Gasteiger partial charge in [0.2, 0.25) is 0 Å². The van der Waals surface area contributed by atoms with Crippen molar-refractivity contribution >= 4 is 17.6 Å². The lowest BCUT2D eigenvalue weighted by Gasteiger charge is -2.40. The molecule has 2 atom stereocenters. The Labute approximate surface area is 152 Å². The highest BCUT2D eigenvalue weighted by atomic mass is 15.5. The van der Waals surface area contributed by atoms with Gasteiger partial charge < -0.3 is 4.90 Å². The Kier molecular flexibility index (Phi) is 3.77. The third kappa shape index (κ3) is 2.51. The molecule has 130 valence electrons. The van der Waals surface area contributed by atoms with Gasteiger partial charge in [0.1, 0.15) is 0 Å². The highest BCUT2D eigenvalue weighted by Crippen LogP contribution is 2.36. The number of fused-ring (bicyclic) bond motifs is 2. The van der Waals surface area contributed by atoms with E-state index in [2.05, 4.69) is 86.2 Å². The van der Waals surface area contributed by atoms with Crippen LogP contribution in [0.15, 0.2) is 60.2 Å². The lowest BCUT2D eigenvalue weighted by molar-refractivity contribution is 0.417. The molecule has 2 unspecified atom stereocenters. The average Bonchev–Trinajstić information content (AvgIpc) is 3.16. The maximum absolute atomic E-state index is 4.26. The average molecular weight is 343 g/mol. The molecule has 5 nitrogen and oxygen atoms in total. The number of aromatic nitrogens is 4. The normalized spacial score (nSPS) is 24.4. The summed E-state index contributed by atoms with van der Waals surface area (Å²) in [6.07, 6.45) is 16.9. The number of anilines is 1. The summed E-state index contributed by atoms with van der Waals surface area (Å²) in [4.78, 5) is 2.33. The lowest BCUT2D eigenvalue weighted by Crippen LogP contribution is -2.46. The monoisotopic (exact) mass is 343 g/mol. The molecular formula is C21H21N5. The van der Waals surface area contributed by atoms with E-state index < -0.39 is 0 Å². The van der Waals surface area contributed by atoms with Crippen molar-refractivity contribution in [1.82, 2.24) is 20.6 Å². The van der Waals surface area contributed by atoms with E-state index in [1.807, 2.05) is 0 Å². The van der Waals surface area contributed by atoms with Crippen molar-refractivity contribution in [3.8, 4) is 0 Å². The third-order valence-electron chi connectivity index (χ3n) is 5.60. The molecular weight excluding hydrogens is 322 g/mol. The SMILES string of the molecule is C1=CC2=CC=CC(C3CCCCN3c3nn[nH]n3)C2=c2ccccc2=C1. The maximum Gasteiger partial charge on any atom is 0.266 e. The maximum atomic E-state index is 4.26. The van der Waals surface area contributed by atoms with E-state index in [0.717, 1.165) is 13.0 Å². The summed E-state index contributed by atoms with van der Waals surface area (Å²) in [7, 11) is 0.